The average Bonchev–Trinajstić information content (AvgIpc) is 2.76. The van der Waals surface area contributed by atoms with E-state index in [2.05, 4.69) is 0 Å². The van der Waals surface area contributed by atoms with Crippen molar-refractivity contribution in [1.82, 2.24) is 0 Å². The van der Waals surface area contributed by atoms with Gasteiger partial charge < -0.3 is 0 Å². The predicted molar refractivity (Wildman–Crippen MR) is 76.7 cm³/mol. The van der Waals surface area contributed by atoms with Crippen molar-refractivity contribution in [2.75, 3.05) is 11.5 Å². The number of hydrogen-bond donors (Lipinski definition) is 0. The molecule has 1 fully saturated rings. The molecule has 80 valence electrons. The lowest BCUT2D eigenvalue weighted by atomic mass is 10.6. The van der Waals surface area contributed by atoms with Crippen molar-refractivity contribution in [2.45, 2.75) is 14.8 Å². The molecule has 0 spiro atoms. The van der Waals surface area contributed by atoms with Crippen LogP contribution >= 0.6 is 69.7 Å². The van der Waals surface area contributed by atoms with E-state index >= 15 is 0 Å². The zero-order chi connectivity index (χ0) is 10.3. The minimum atomic E-state index is 0.230. The molecule has 0 saturated carbocycles. The van der Waals surface area contributed by atoms with Gasteiger partial charge in [-0.1, -0.05) is 46.2 Å². The molecule has 0 atom stereocenters. The summed E-state index contributed by atoms with van der Waals surface area (Å²) < 4.78 is 5.53. The summed E-state index contributed by atoms with van der Waals surface area (Å²) in [5.41, 5.74) is 0. The van der Waals surface area contributed by atoms with E-state index in [0.29, 0.717) is 0 Å². The minimum Gasteiger partial charge on any atom is -0.265 e. The van der Waals surface area contributed by atoms with Crippen LogP contribution in [-0.4, -0.2) is 11.5 Å². The molecule has 3 rings (SSSR count). The van der Waals surface area contributed by atoms with E-state index in [0.717, 1.165) is 0 Å². The van der Waals surface area contributed by atoms with Gasteiger partial charge in [0.15, 0.2) is 0 Å². The molecule has 2 aliphatic heterocycles. The molecule has 0 unspecified atom stereocenters. The largest absolute Gasteiger partial charge is 0.289 e. The Morgan fingerprint density at radius 2 is 1.47 bits per heavy atom. The third-order valence-corrected chi connectivity index (χ3v) is 10.1. The quantitative estimate of drug-likeness (QED) is 0.706. The first kappa shape index (κ1) is 11.1. The summed E-state index contributed by atoms with van der Waals surface area (Å²) >= 11 is 10.3. The van der Waals surface area contributed by atoms with Crippen molar-refractivity contribution >= 4 is 69.7 Å². The van der Waals surface area contributed by atoms with Crippen LogP contribution in [0.4, 0.5) is 0 Å². The smallest absolute Gasteiger partial charge is 0.265 e. The Balaban J connectivity index is 1.88. The predicted octanol–water partition coefficient (Wildman–Crippen LogP) is 4.36. The molecule has 1 aromatic rings. The molecule has 1 nitrogen and oxygen atoms in total. The maximum absolute atomic E-state index is 11.2. The zero-order valence-corrected chi connectivity index (χ0v) is 12.4. The molecule has 0 radical (unpaired) electrons. The van der Waals surface area contributed by atoms with Crippen molar-refractivity contribution in [3.05, 3.63) is 17.3 Å². The summed E-state index contributed by atoms with van der Waals surface area (Å²) in [5.74, 6) is 2.49. The van der Waals surface area contributed by atoms with E-state index in [9.17, 15) is 4.79 Å². The zero-order valence-electron chi connectivity index (χ0n) is 7.48. The van der Waals surface area contributed by atoms with Crippen LogP contribution in [-0.2, 0) is 0 Å². The van der Waals surface area contributed by atoms with Crippen LogP contribution in [0.1, 0.15) is 6.42 Å². The molecule has 3 heterocycles. The molecule has 0 amide bonds. The van der Waals surface area contributed by atoms with Crippen molar-refractivity contribution in [2.24, 2.45) is 0 Å². The fraction of sp³-hybridized carbons (Fsp3) is 0.375. The first-order valence-electron chi connectivity index (χ1n) is 4.32. The summed E-state index contributed by atoms with van der Waals surface area (Å²) in [4.78, 5) is 11.2. The second kappa shape index (κ2) is 4.70. The highest BCUT2D eigenvalue weighted by molar-refractivity contribution is 8.30. The van der Waals surface area contributed by atoms with E-state index in [4.69, 9.17) is 0 Å². The van der Waals surface area contributed by atoms with Crippen LogP contribution in [0.5, 0.6) is 0 Å². The summed E-state index contributed by atoms with van der Waals surface area (Å²) in [6.45, 7) is 0. The molecule has 0 aromatic carbocycles. The van der Waals surface area contributed by atoms with Crippen LogP contribution in [0, 0.1) is 0 Å². The molecule has 0 aliphatic carbocycles. The first-order valence-corrected chi connectivity index (χ1v) is 9.56. The van der Waals surface area contributed by atoms with E-state index in [1.807, 2.05) is 23.5 Å². The maximum Gasteiger partial charge on any atom is 0.289 e. The van der Waals surface area contributed by atoms with Crippen molar-refractivity contribution < 1.29 is 0 Å². The van der Waals surface area contributed by atoms with Gasteiger partial charge in [-0.25, -0.2) is 0 Å². The van der Waals surface area contributed by atoms with Crippen LogP contribution in [0.25, 0.3) is 0 Å². The Kier molecular flexibility index (Phi) is 3.48. The van der Waals surface area contributed by atoms with Crippen molar-refractivity contribution in [1.29, 1.82) is 0 Å². The highest BCUT2D eigenvalue weighted by atomic mass is 32.2. The van der Waals surface area contributed by atoms with Gasteiger partial charge in [0.25, 0.3) is 4.06 Å². The molecule has 15 heavy (non-hydrogen) atoms. The Morgan fingerprint density at radius 1 is 0.867 bits per heavy atom. The van der Waals surface area contributed by atoms with Crippen LogP contribution in [0.3, 0.4) is 0 Å². The molecular formula is C8H6OS6. The average molecular weight is 311 g/mol. The number of fused-ring (bicyclic) bond motifs is 1. The SMILES string of the molecule is O=c1sc2c(s1)SC(=C1SCCCS1)S2. The molecule has 0 N–H and O–H groups in total. The van der Waals surface area contributed by atoms with Gasteiger partial charge in [-0.2, -0.15) is 0 Å². The minimum absolute atomic E-state index is 0.230. The number of hydrogen-bond acceptors (Lipinski definition) is 7. The summed E-state index contributed by atoms with van der Waals surface area (Å²) in [5, 5.41) is 0. The van der Waals surface area contributed by atoms with Gasteiger partial charge in [-0.3, -0.25) is 4.79 Å². The first-order chi connectivity index (χ1) is 7.33. The Hall–Kier alpha value is 0.990. The van der Waals surface area contributed by atoms with Gasteiger partial charge >= 0.3 is 0 Å². The number of thioether (sulfide) groups is 4. The molecule has 0 bridgehead atoms. The van der Waals surface area contributed by atoms with Crippen LogP contribution < -0.4 is 4.06 Å². The summed E-state index contributed by atoms with van der Waals surface area (Å²) in [6.07, 6.45) is 1.32. The highest BCUT2D eigenvalue weighted by Crippen LogP contribution is 2.58. The van der Waals surface area contributed by atoms with Gasteiger partial charge in [0, 0.05) is 0 Å². The Labute approximate surface area is 113 Å². The van der Waals surface area contributed by atoms with E-state index in [1.165, 1.54) is 57.5 Å². The summed E-state index contributed by atoms with van der Waals surface area (Å²) in [7, 11) is 0. The van der Waals surface area contributed by atoms with E-state index in [-0.39, 0.29) is 4.06 Å². The standard InChI is InChI=1S/C8H6OS6/c9-8-14-6-7(15-8)13-5(12-6)4-10-2-1-3-11-4/h1-3H2. The fourth-order valence-electron chi connectivity index (χ4n) is 1.20. The lowest BCUT2D eigenvalue weighted by Gasteiger charge is -2.13. The summed E-state index contributed by atoms with van der Waals surface area (Å²) in [6, 6.07) is 0. The lowest BCUT2D eigenvalue weighted by molar-refractivity contribution is 1.12. The normalized spacial score (nSPS) is 20.8. The third kappa shape index (κ3) is 2.32. The Morgan fingerprint density at radius 3 is 2.07 bits per heavy atom. The molecule has 1 aromatic heterocycles. The van der Waals surface area contributed by atoms with Gasteiger partial charge in [0.05, 0.1) is 16.9 Å². The van der Waals surface area contributed by atoms with Crippen LogP contribution in [0.2, 0.25) is 0 Å². The van der Waals surface area contributed by atoms with Gasteiger partial charge in [0.1, 0.15) is 0 Å². The van der Waals surface area contributed by atoms with Crippen molar-refractivity contribution in [3.8, 4) is 0 Å². The van der Waals surface area contributed by atoms with Crippen molar-refractivity contribution in [3.63, 3.8) is 0 Å². The molecule has 2 aliphatic rings. The monoisotopic (exact) mass is 310 g/mol. The molecule has 7 heteroatoms. The second-order valence-corrected chi connectivity index (χ2v) is 10.4. The van der Waals surface area contributed by atoms with E-state index in [1.54, 1.807) is 23.5 Å². The highest BCUT2D eigenvalue weighted by Gasteiger charge is 2.25. The Bertz CT molecular complexity index is 433. The van der Waals surface area contributed by atoms with Gasteiger partial charge in [-0.05, 0) is 17.9 Å². The molecule has 1 saturated heterocycles. The lowest BCUT2D eigenvalue weighted by Crippen LogP contribution is -1.92. The maximum atomic E-state index is 11.2. The fourth-order valence-corrected chi connectivity index (χ4v) is 10.0. The third-order valence-electron chi connectivity index (χ3n) is 1.81. The van der Waals surface area contributed by atoms with Gasteiger partial charge in [-0.15, -0.1) is 23.5 Å². The topological polar surface area (TPSA) is 17.1 Å². The van der Waals surface area contributed by atoms with Crippen LogP contribution in [0.15, 0.2) is 21.7 Å². The second-order valence-electron chi connectivity index (χ2n) is 2.86. The van der Waals surface area contributed by atoms with E-state index < -0.39 is 0 Å². The molecular weight excluding hydrogens is 304 g/mol. The van der Waals surface area contributed by atoms with Gasteiger partial charge in [0.2, 0.25) is 0 Å². The number of rotatable bonds is 0.